The second kappa shape index (κ2) is 9.91. The normalized spacial score (nSPS) is 11.8. The summed E-state index contributed by atoms with van der Waals surface area (Å²) in [6, 6.07) is 13.7. The number of aryl methyl sites for hydroxylation is 1. The molecule has 0 saturated carbocycles. The van der Waals surface area contributed by atoms with Gasteiger partial charge in [-0.1, -0.05) is 23.8 Å². The number of nitrogens with one attached hydrogen (secondary N) is 1. The van der Waals surface area contributed by atoms with Gasteiger partial charge in [-0.25, -0.2) is 0 Å². The zero-order valence-corrected chi connectivity index (χ0v) is 15.1. The Morgan fingerprint density at radius 3 is 2.40 bits per heavy atom. The van der Waals surface area contributed by atoms with Crippen LogP contribution in [0, 0.1) is 6.92 Å². The van der Waals surface area contributed by atoms with Gasteiger partial charge in [0.1, 0.15) is 18.5 Å². The number of hydrogen-bond acceptors (Lipinski definition) is 5. The maximum absolute atomic E-state index is 9.99. The largest absolute Gasteiger partial charge is 0.493 e. The van der Waals surface area contributed by atoms with E-state index in [0.717, 1.165) is 35.8 Å². The van der Waals surface area contributed by atoms with Gasteiger partial charge in [0, 0.05) is 6.54 Å². The third-order valence-electron chi connectivity index (χ3n) is 3.88. The molecule has 0 aliphatic heterocycles. The molecule has 1 unspecified atom stereocenters. The van der Waals surface area contributed by atoms with Crippen molar-refractivity contribution in [1.29, 1.82) is 0 Å². The third-order valence-corrected chi connectivity index (χ3v) is 3.88. The summed E-state index contributed by atoms with van der Waals surface area (Å²) in [5.74, 6) is 2.23. The van der Waals surface area contributed by atoms with Crippen LogP contribution in [0.1, 0.15) is 11.1 Å². The van der Waals surface area contributed by atoms with Crippen LogP contribution in [0.5, 0.6) is 17.2 Å². The summed E-state index contributed by atoms with van der Waals surface area (Å²) in [6.07, 6.45) is 0.290. The summed E-state index contributed by atoms with van der Waals surface area (Å²) in [6.45, 7) is 3.55. The van der Waals surface area contributed by atoms with E-state index in [1.807, 2.05) is 49.4 Å². The molecule has 1 atom stereocenters. The fraction of sp³-hybridized carbons (Fsp3) is 0.400. The number of ether oxygens (including phenoxy) is 3. The first-order valence-electron chi connectivity index (χ1n) is 8.41. The lowest BCUT2D eigenvalue weighted by atomic mass is 10.1. The van der Waals surface area contributed by atoms with Crippen molar-refractivity contribution in [2.75, 3.05) is 33.9 Å². The Bertz CT molecular complexity index is 643. The van der Waals surface area contributed by atoms with Crippen LogP contribution in [0.15, 0.2) is 42.5 Å². The SMILES string of the molecule is COc1ccc(CCNCC(O)COc2ccc(C)cc2)cc1OC. The maximum atomic E-state index is 9.99. The Balaban J connectivity index is 1.67. The molecule has 0 spiro atoms. The van der Waals surface area contributed by atoms with E-state index in [0.29, 0.717) is 6.54 Å². The molecule has 0 amide bonds. The van der Waals surface area contributed by atoms with Gasteiger partial charge in [-0.15, -0.1) is 0 Å². The molecule has 2 rings (SSSR count). The summed E-state index contributed by atoms with van der Waals surface area (Å²) < 4.78 is 16.1. The molecule has 0 heterocycles. The molecule has 0 saturated heterocycles. The van der Waals surface area contributed by atoms with Crippen molar-refractivity contribution in [2.45, 2.75) is 19.4 Å². The molecule has 5 heteroatoms. The standard InChI is InChI=1S/C20H27NO4/c1-15-4-7-18(8-5-15)25-14-17(22)13-21-11-10-16-6-9-19(23-2)20(12-16)24-3/h4-9,12,17,21-22H,10-11,13-14H2,1-3H3. The van der Waals surface area contributed by atoms with Gasteiger partial charge < -0.3 is 24.6 Å². The molecule has 136 valence electrons. The van der Waals surface area contributed by atoms with E-state index < -0.39 is 6.10 Å². The highest BCUT2D eigenvalue weighted by Gasteiger charge is 2.07. The topological polar surface area (TPSA) is 60.0 Å². The molecule has 0 aromatic heterocycles. The minimum Gasteiger partial charge on any atom is -0.493 e. The van der Waals surface area contributed by atoms with Crippen molar-refractivity contribution in [3.05, 3.63) is 53.6 Å². The van der Waals surface area contributed by atoms with Gasteiger partial charge in [0.15, 0.2) is 11.5 Å². The highest BCUT2D eigenvalue weighted by atomic mass is 16.5. The average molecular weight is 345 g/mol. The van der Waals surface area contributed by atoms with Crippen molar-refractivity contribution >= 4 is 0 Å². The Morgan fingerprint density at radius 2 is 1.72 bits per heavy atom. The molecule has 2 N–H and O–H groups in total. The molecule has 5 nitrogen and oxygen atoms in total. The Kier molecular flexibility index (Phi) is 7.57. The first kappa shape index (κ1) is 19.1. The van der Waals surface area contributed by atoms with E-state index in [2.05, 4.69) is 5.32 Å². The van der Waals surface area contributed by atoms with Crippen molar-refractivity contribution in [1.82, 2.24) is 5.32 Å². The smallest absolute Gasteiger partial charge is 0.160 e. The van der Waals surface area contributed by atoms with Crippen LogP contribution < -0.4 is 19.5 Å². The molecule has 0 aliphatic rings. The molecule has 2 aromatic rings. The van der Waals surface area contributed by atoms with Gasteiger partial charge in [-0.05, 0) is 49.7 Å². The second-order valence-corrected chi connectivity index (χ2v) is 5.92. The zero-order chi connectivity index (χ0) is 18.1. The lowest BCUT2D eigenvalue weighted by molar-refractivity contribution is 0.106. The van der Waals surface area contributed by atoms with E-state index in [4.69, 9.17) is 14.2 Å². The number of aliphatic hydroxyl groups excluding tert-OH is 1. The number of hydrogen-bond donors (Lipinski definition) is 2. The van der Waals surface area contributed by atoms with Crippen LogP contribution in [0.2, 0.25) is 0 Å². The minimum atomic E-state index is -0.549. The number of aliphatic hydroxyl groups is 1. The lowest BCUT2D eigenvalue weighted by Crippen LogP contribution is -2.32. The predicted molar refractivity (Wildman–Crippen MR) is 98.8 cm³/mol. The van der Waals surface area contributed by atoms with Gasteiger partial charge in [-0.2, -0.15) is 0 Å². The molecule has 25 heavy (non-hydrogen) atoms. The van der Waals surface area contributed by atoms with E-state index in [9.17, 15) is 5.11 Å². The number of methoxy groups -OCH3 is 2. The predicted octanol–water partition coefficient (Wildman–Crippen LogP) is 2.58. The van der Waals surface area contributed by atoms with Crippen LogP contribution in [0.3, 0.4) is 0 Å². The van der Waals surface area contributed by atoms with Gasteiger partial charge in [0.05, 0.1) is 14.2 Å². The van der Waals surface area contributed by atoms with E-state index in [1.165, 1.54) is 5.56 Å². The Labute approximate surface area is 149 Å². The summed E-state index contributed by atoms with van der Waals surface area (Å²) >= 11 is 0. The molecule has 2 aromatic carbocycles. The van der Waals surface area contributed by atoms with Crippen molar-refractivity contribution in [3.8, 4) is 17.2 Å². The van der Waals surface area contributed by atoms with Crippen molar-refractivity contribution < 1.29 is 19.3 Å². The first-order valence-corrected chi connectivity index (χ1v) is 8.41. The Hall–Kier alpha value is -2.24. The van der Waals surface area contributed by atoms with Crippen molar-refractivity contribution in [2.24, 2.45) is 0 Å². The fourth-order valence-corrected chi connectivity index (χ4v) is 2.42. The number of benzene rings is 2. The van der Waals surface area contributed by atoms with E-state index in [-0.39, 0.29) is 6.61 Å². The van der Waals surface area contributed by atoms with Gasteiger partial charge in [0.2, 0.25) is 0 Å². The van der Waals surface area contributed by atoms with Gasteiger partial charge in [0.25, 0.3) is 0 Å². The van der Waals surface area contributed by atoms with Crippen molar-refractivity contribution in [3.63, 3.8) is 0 Å². The third kappa shape index (κ3) is 6.29. The minimum absolute atomic E-state index is 0.270. The average Bonchev–Trinajstić information content (AvgIpc) is 2.64. The first-order chi connectivity index (χ1) is 12.1. The highest BCUT2D eigenvalue weighted by Crippen LogP contribution is 2.27. The van der Waals surface area contributed by atoms with Crippen LogP contribution >= 0.6 is 0 Å². The number of rotatable bonds is 10. The quantitative estimate of drug-likeness (QED) is 0.648. The lowest BCUT2D eigenvalue weighted by Gasteiger charge is -2.14. The van der Waals surface area contributed by atoms with Crippen LogP contribution in [0.25, 0.3) is 0 Å². The van der Waals surface area contributed by atoms with Crippen LogP contribution in [-0.2, 0) is 6.42 Å². The summed E-state index contributed by atoms with van der Waals surface area (Å²) in [5.41, 5.74) is 2.33. The Morgan fingerprint density at radius 1 is 1.00 bits per heavy atom. The molecular weight excluding hydrogens is 318 g/mol. The van der Waals surface area contributed by atoms with Gasteiger partial charge in [-0.3, -0.25) is 0 Å². The second-order valence-electron chi connectivity index (χ2n) is 5.92. The van der Waals surface area contributed by atoms with Crippen LogP contribution in [0.4, 0.5) is 0 Å². The fourth-order valence-electron chi connectivity index (χ4n) is 2.42. The van der Waals surface area contributed by atoms with Gasteiger partial charge >= 0.3 is 0 Å². The van der Waals surface area contributed by atoms with E-state index in [1.54, 1.807) is 14.2 Å². The summed E-state index contributed by atoms with van der Waals surface area (Å²) in [7, 11) is 3.25. The molecule has 0 aliphatic carbocycles. The highest BCUT2D eigenvalue weighted by molar-refractivity contribution is 5.42. The zero-order valence-electron chi connectivity index (χ0n) is 15.1. The maximum Gasteiger partial charge on any atom is 0.160 e. The van der Waals surface area contributed by atoms with E-state index >= 15 is 0 Å². The molecule has 0 bridgehead atoms. The molecule has 0 radical (unpaired) electrons. The molecule has 0 fully saturated rings. The molecular formula is C20H27NO4. The summed E-state index contributed by atoms with van der Waals surface area (Å²) in [5, 5.41) is 13.2. The summed E-state index contributed by atoms with van der Waals surface area (Å²) in [4.78, 5) is 0. The van der Waals surface area contributed by atoms with Crippen LogP contribution in [-0.4, -0.2) is 45.1 Å². The monoisotopic (exact) mass is 345 g/mol.